The SMILES string of the molecule is CC(c1ccco1)N(C)C(=O)c1ccc(S(C)=O)cc1. The Hall–Kier alpha value is -1.88. The summed E-state index contributed by atoms with van der Waals surface area (Å²) in [5.74, 6) is 0.648. The lowest BCUT2D eigenvalue weighted by Gasteiger charge is -2.23. The van der Waals surface area contributed by atoms with Crippen LogP contribution in [0.2, 0.25) is 0 Å². The molecule has 1 amide bonds. The van der Waals surface area contributed by atoms with E-state index in [2.05, 4.69) is 0 Å². The summed E-state index contributed by atoms with van der Waals surface area (Å²) in [6, 6.07) is 10.3. The lowest BCUT2D eigenvalue weighted by Crippen LogP contribution is -2.29. The molecule has 0 saturated carbocycles. The molecule has 2 unspecified atom stereocenters. The Balaban J connectivity index is 2.16. The summed E-state index contributed by atoms with van der Waals surface area (Å²) in [5.41, 5.74) is 0.570. The summed E-state index contributed by atoms with van der Waals surface area (Å²) in [7, 11) is 0.703. The van der Waals surface area contributed by atoms with Crippen LogP contribution >= 0.6 is 0 Å². The average Bonchev–Trinajstić information content (AvgIpc) is 2.99. The van der Waals surface area contributed by atoms with E-state index in [1.54, 1.807) is 54.8 Å². The molecule has 106 valence electrons. The van der Waals surface area contributed by atoms with Gasteiger partial charge in [0.15, 0.2) is 0 Å². The molecule has 1 heterocycles. The molecule has 0 saturated heterocycles. The van der Waals surface area contributed by atoms with Crippen molar-refractivity contribution in [2.45, 2.75) is 17.9 Å². The molecule has 0 aliphatic rings. The number of amides is 1. The van der Waals surface area contributed by atoms with Gasteiger partial charge >= 0.3 is 0 Å². The van der Waals surface area contributed by atoms with Gasteiger partial charge < -0.3 is 9.32 Å². The quantitative estimate of drug-likeness (QED) is 0.870. The van der Waals surface area contributed by atoms with Gasteiger partial charge in [-0.25, -0.2) is 0 Å². The van der Waals surface area contributed by atoms with Crippen LogP contribution in [0.4, 0.5) is 0 Å². The highest BCUT2D eigenvalue weighted by Gasteiger charge is 2.20. The molecular formula is C15H17NO3S. The zero-order valence-electron chi connectivity index (χ0n) is 11.7. The standard InChI is InChI=1S/C15H17NO3S/c1-11(14-5-4-10-19-14)16(2)15(17)12-6-8-13(9-7-12)20(3)18/h4-11H,1-3H3. The molecule has 20 heavy (non-hydrogen) atoms. The van der Waals surface area contributed by atoms with Crippen molar-refractivity contribution in [3.05, 3.63) is 54.0 Å². The van der Waals surface area contributed by atoms with Crippen LogP contribution in [0.5, 0.6) is 0 Å². The smallest absolute Gasteiger partial charge is 0.254 e. The molecule has 5 heteroatoms. The maximum Gasteiger partial charge on any atom is 0.254 e. The highest BCUT2D eigenvalue weighted by Crippen LogP contribution is 2.21. The maximum absolute atomic E-state index is 12.4. The van der Waals surface area contributed by atoms with Crippen molar-refractivity contribution in [1.82, 2.24) is 4.90 Å². The topological polar surface area (TPSA) is 50.5 Å². The maximum atomic E-state index is 12.4. The largest absolute Gasteiger partial charge is 0.467 e. The minimum Gasteiger partial charge on any atom is -0.467 e. The van der Waals surface area contributed by atoms with E-state index >= 15 is 0 Å². The highest BCUT2D eigenvalue weighted by atomic mass is 32.2. The monoisotopic (exact) mass is 291 g/mol. The number of hydrogen-bond donors (Lipinski definition) is 0. The van der Waals surface area contributed by atoms with E-state index in [1.807, 2.05) is 13.0 Å². The minimum atomic E-state index is -1.03. The predicted octanol–water partition coefficient (Wildman–Crippen LogP) is 2.85. The van der Waals surface area contributed by atoms with Gasteiger partial charge in [0.25, 0.3) is 5.91 Å². The van der Waals surface area contributed by atoms with E-state index in [1.165, 1.54) is 0 Å². The third kappa shape index (κ3) is 2.99. The molecule has 0 radical (unpaired) electrons. The van der Waals surface area contributed by atoms with Gasteiger partial charge in [-0.2, -0.15) is 0 Å². The van der Waals surface area contributed by atoms with Crippen LogP contribution < -0.4 is 0 Å². The van der Waals surface area contributed by atoms with Crippen molar-refractivity contribution < 1.29 is 13.4 Å². The van der Waals surface area contributed by atoms with E-state index in [9.17, 15) is 9.00 Å². The normalized spacial score (nSPS) is 13.8. The van der Waals surface area contributed by atoms with E-state index in [-0.39, 0.29) is 11.9 Å². The van der Waals surface area contributed by atoms with Gasteiger partial charge in [-0.15, -0.1) is 0 Å². The molecule has 0 aliphatic carbocycles. The Morgan fingerprint density at radius 2 is 1.90 bits per heavy atom. The summed E-state index contributed by atoms with van der Waals surface area (Å²) >= 11 is 0. The number of carbonyl (C=O) groups is 1. The third-order valence-corrected chi connectivity index (χ3v) is 4.23. The van der Waals surface area contributed by atoms with E-state index in [0.29, 0.717) is 10.5 Å². The molecule has 2 aromatic rings. The van der Waals surface area contributed by atoms with Gasteiger partial charge in [0.05, 0.1) is 12.3 Å². The highest BCUT2D eigenvalue weighted by molar-refractivity contribution is 7.84. The van der Waals surface area contributed by atoms with Crippen LogP contribution in [-0.4, -0.2) is 28.3 Å². The molecule has 0 bridgehead atoms. The lowest BCUT2D eigenvalue weighted by atomic mass is 10.1. The number of rotatable bonds is 4. The van der Waals surface area contributed by atoms with Crippen LogP contribution in [0.3, 0.4) is 0 Å². The molecule has 0 N–H and O–H groups in total. The summed E-state index contributed by atoms with van der Waals surface area (Å²) in [4.78, 5) is 14.7. The Morgan fingerprint density at radius 1 is 1.25 bits per heavy atom. The van der Waals surface area contributed by atoms with Gasteiger partial charge in [0.2, 0.25) is 0 Å². The van der Waals surface area contributed by atoms with Crippen LogP contribution in [-0.2, 0) is 10.8 Å². The molecule has 0 fully saturated rings. The van der Waals surface area contributed by atoms with Gasteiger partial charge in [-0.1, -0.05) is 0 Å². The predicted molar refractivity (Wildman–Crippen MR) is 78.0 cm³/mol. The summed E-state index contributed by atoms with van der Waals surface area (Å²) in [6.07, 6.45) is 3.21. The van der Waals surface area contributed by atoms with Crippen molar-refractivity contribution in [3.63, 3.8) is 0 Å². The lowest BCUT2D eigenvalue weighted by molar-refractivity contribution is 0.0726. The molecule has 0 aliphatic heterocycles. The first kappa shape index (κ1) is 14.5. The van der Waals surface area contributed by atoms with Gasteiger partial charge in [-0.3, -0.25) is 9.00 Å². The van der Waals surface area contributed by atoms with Gasteiger partial charge in [0.1, 0.15) is 5.76 Å². The first-order chi connectivity index (χ1) is 9.50. The van der Waals surface area contributed by atoms with Crippen LogP contribution in [0, 0.1) is 0 Å². The van der Waals surface area contributed by atoms with Crippen molar-refractivity contribution in [1.29, 1.82) is 0 Å². The van der Waals surface area contributed by atoms with Crippen molar-refractivity contribution >= 4 is 16.7 Å². The summed E-state index contributed by atoms with van der Waals surface area (Å²) < 4.78 is 16.6. The fraction of sp³-hybridized carbons (Fsp3) is 0.267. The molecular weight excluding hydrogens is 274 g/mol. The first-order valence-corrected chi connectivity index (χ1v) is 7.80. The zero-order chi connectivity index (χ0) is 14.7. The van der Waals surface area contributed by atoms with Crippen molar-refractivity contribution in [2.24, 2.45) is 0 Å². The summed E-state index contributed by atoms with van der Waals surface area (Å²) in [6.45, 7) is 1.91. The second kappa shape index (κ2) is 6.05. The first-order valence-electron chi connectivity index (χ1n) is 6.24. The molecule has 0 spiro atoms. The van der Waals surface area contributed by atoms with Crippen LogP contribution in [0.15, 0.2) is 52.0 Å². The fourth-order valence-corrected chi connectivity index (χ4v) is 2.41. The van der Waals surface area contributed by atoms with Crippen molar-refractivity contribution in [2.75, 3.05) is 13.3 Å². The third-order valence-electron chi connectivity index (χ3n) is 3.29. The Kier molecular flexibility index (Phi) is 4.39. The zero-order valence-corrected chi connectivity index (χ0v) is 12.5. The molecule has 1 aromatic carbocycles. The molecule has 2 atom stereocenters. The van der Waals surface area contributed by atoms with Crippen molar-refractivity contribution in [3.8, 4) is 0 Å². The molecule has 2 rings (SSSR count). The van der Waals surface area contributed by atoms with Gasteiger partial charge in [0, 0.05) is 34.6 Å². The number of benzene rings is 1. The molecule has 1 aromatic heterocycles. The summed E-state index contributed by atoms with van der Waals surface area (Å²) in [5, 5.41) is 0. The number of carbonyl (C=O) groups excluding carboxylic acids is 1. The van der Waals surface area contributed by atoms with E-state index in [4.69, 9.17) is 4.42 Å². The number of nitrogens with zero attached hydrogens (tertiary/aromatic N) is 1. The number of furan rings is 1. The van der Waals surface area contributed by atoms with Crippen LogP contribution in [0.25, 0.3) is 0 Å². The Labute approximate surface area is 120 Å². The van der Waals surface area contributed by atoms with Crippen LogP contribution in [0.1, 0.15) is 29.1 Å². The second-order valence-electron chi connectivity index (χ2n) is 4.59. The molecule has 4 nitrogen and oxygen atoms in total. The van der Waals surface area contributed by atoms with E-state index in [0.717, 1.165) is 5.76 Å². The Morgan fingerprint density at radius 3 is 2.40 bits per heavy atom. The van der Waals surface area contributed by atoms with E-state index < -0.39 is 10.8 Å². The average molecular weight is 291 g/mol. The second-order valence-corrected chi connectivity index (χ2v) is 5.97. The van der Waals surface area contributed by atoms with Gasteiger partial charge in [-0.05, 0) is 43.3 Å². The minimum absolute atomic E-state index is 0.0951. The number of hydrogen-bond acceptors (Lipinski definition) is 3. The fourth-order valence-electron chi connectivity index (χ4n) is 1.89. The Bertz CT molecular complexity index is 605.